The van der Waals surface area contributed by atoms with E-state index >= 15 is 0 Å². The van der Waals surface area contributed by atoms with E-state index in [-0.39, 0.29) is 11.3 Å². The number of rotatable bonds is 6. The average molecular weight is 416 g/mol. The van der Waals surface area contributed by atoms with E-state index in [9.17, 15) is 13.2 Å². The molecule has 30 heavy (non-hydrogen) atoms. The minimum atomic E-state index is -3.01. The highest BCUT2D eigenvalue weighted by Gasteiger charge is 2.21. The summed E-state index contributed by atoms with van der Waals surface area (Å²) in [7, 11) is 3.57. The molecule has 1 atom stereocenters. The highest BCUT2D eigenvalue weighted by atomic mass is 19.3. The van der Waals surface area contributed by atoms with E-state index in [2.05, 4.69) is 19.9 Å². The Morgan fingerprint density at radius 3 is 2.63 bits per heavy atom. The molecular weight excluding hydrogens is 397 g/mol. The van der Waals surface area contributed by atoms with E-state index in [0.717, 1.165) is 17.3 Å². The average Bonchev–Trinajstić information content (AvgIpc) is 3.33. The largest absolute Gasteiger partial charge is 0.434 e. The molecule has 4 rings (SSSR count). The third-order valence-corrected chi connectivity index (χ3v) is 4.92. The number of ether oxygens (including phenoxy) is 1. The molecule has 0 radical (unpaired) electrons. The van der Waals surface area contributed by atoms with Crippen LogP contribution in [0.25, 0.3) is 16.9 Å². The first-order chi connectivity index (χ1) is 14.3. The van der Waals surface area contributed by atoms with Gasteiger partial charge in [0.05, 0.1) is 23.5 Å². The molecule has 1 aromatic carbocycles. The van der Waals surface area contributed by atoms with Crippen LogP contribution < -0.4 is 9.64 Å². The second kappa shape index (κ2) is 7.69. The number of hydrogen-bond donors (Lipinski definition) is 0. The first kappa shape index (κ1) is 19.7. The molecule has 1 unspecified atom stereocenters. The summed E-state index contributed by atoms with van der Waals surface area (Å²) in [4.78, 5) is 6.43. The van der Waals surface area contributed by atoms with Crippen molar-refractivity contribution < 1.29 is 17.9 Å². The van der Waals surface area contributed by atoms with Crippen molar-refractivity contribution in [2.45, 2.75) is 19.6 Å². The standard InChI is InChI=1S/C20H19F3N6O/c1-12(14-10-13(21)4-5-17(14)30-20(22)23)28(3)18-7-9-29-19(25-18)15(11-24-29)16-6-8-27(2)26-16/h4-12,20H,1-3H3. The predicted molar refractivity (Wildman–Crippen MR) is 105 cm³/mol. The summed E-state index contributed by atoms with van der Waals surface area (Å²) in [6.07, 6.45) is 5.25. The van der Waals surface area contributed by atoms with Gasteiger partial charge in [0.25, 0.3) is 0 Å². The van der Waals surface area contributed by atoms with Gasteiger partial charge >= 0.3 is 6.61 Å². The number of benzene rings is 1. The molecule has 0 aliphatic carbocycles. The first-order valence-electron chi connectivity index (χ1n) is 9.15. The molecule has 10 heteroatoms. The highest BCUT2D eigenvalue weighted by Crippen LogP contribution is 2.33. The van der Waals surface area contributed by atoms with Crippen LogP contribution >= 0.6 is 0 Å². The van der Waals surface area contributed by atoms with Crippen LogP contribution in [-0.2, 0) is 7.05 Å². The van der Waals surface area contributed by atoms with Gasteiger partial charge in [-0.2, -0.15) is 19.0 Å². The summed E-state index contributed by atoms with van der Waals surface area (Å²) >= 11 is 0. The zero-order valence-electron chi connectivity index (χ0n) is 16.5. The number of fused-ring (bicyclic) bond motifs is 1. The van der Waals surface area contributed by atoms with Crippen molar-refractivity contribution >= 4 is 11.5 Å². The second-order valence-corrected chi connectivity index (χ2v) is 6.83. The lowest BCUT2D eigenvalue weighted by Gasteiger charge is -2.27. The van der Waals surface area contributed by atoms with Crippen LogP contribution in [0.4, 0.5) is 19.0 Å². The second-order valence-electron chi connectivity index (χ2n) is 6.83. The zero-order chi connectivity index (χ0) is 21.4. The molecule has 3 heterocycles. The van der Waals surface area contributed by atoms with Gasteiger partial charge in [-0.1, -0.05) is 0 Å². The van der Waals surface area contributed by atoms with E-state index in [4.69, 9.17) is 0 Å². The van der Waals surface area contributed by atoms with Crippen molar-refractivity contribution in [1.29, 1.82) is 0 Å². The Morgan fingerprint density at radius 1 is 1.13 bits per heavy atom. The van der Waals surface area contributed by atoms with Crippen molar-refractivity contribution in [3.8, 4) is 17.0 Å². The summed E-state index contributed by atoms with van der Waals surface area (Å²) in [5.41, 5.74) is 2.36. The molecule has 0 N–H and O–H groups in total. The van der Waals surface area contributed by atoms with Crippen molar-refractivity contribution in [1.82, 2.24) is 24.4 Å². The smallest absolute Gasteiger partial charge is 0.387 e. The van der Waals surface area contributed by atoms with Gasteiger partial charge in [-0.05, 0) is 37.3 Å². The van der Waals surface area contributed by atoms with E-state index < -0.39 is 18.5 Å². The Balaban J connectivity index is 1.71. The van der Waals surface area contributed by atoms with Gasteiger partial charge in [0.1, 0.15) is 17.4 Å². The molecular formula is C20H19F3N6O. The van der Waals surface area contributed by atoms with Crippen molar-refractivity contribution in [3.63, 3.8) is 0 Å². The molecule has 0 fully saturated rings. The van der Waals surface area contributed by atoms with Crippen molar-refractivity contribution in [3.05, 3.63) is 60.3 Å². The number of hydrogen-bond acceptors (Lipinski definition) is 5. The van der Waals surface area contributed by atoms with Crippen molar-refractivity contribution in [2.75, 3.05) is 11.9 Å². The third-order valence-electron chi connectivity index (χ3n) is 4.92. The van der Waals surface area contributed by atoms with E-state index in [1.54, 1.807) is 46.5 Å². The van der Waals surface area contributed by atoms with E-state index in [0.29, 0.717) is 11.5 Å². The number of aryl methyl sites for hydroxylation is 1. The van der Waals surface area contributed by atoms with Crippen LogP contribution in [-0.4, -0.2) is 38.0 Å². The lowest BCUT2D eigenvalue weighted by molar-refractivity contribution is -0.0506. The monoisotopic (exact) mass is 416 g/mol. The summed E-state index contributed by atoms with van der Waals surface area (Å²) in [5, 5.41) is 8.69. The third kappa shape index (κ3) is 3.68. The molecule has 0 bridgehead atoms. The molecule has 4 aromatic rings. The summed E-state index contributed by atoms with van der Waals surface area (Å²) in [6.45, 7) is -1.25. The summed E-state index contributed by atoms with van der Waals surface area (Å²) in [6, 6.07) is 6.59. The minimum Gasteiger partial charge on any atom is -0.434 e. The molecule has 0 aliphatic rings. The van der Waals surface area contributed by atoms with Crippen LogP contribution in [0.1, 0.15) is 18.5 Å². The number of anilines is 1. The maximum atomic E-state index is 13.8. The molecule has 156 valence electrons. The molecule has 0 aliphatic heterocycles. The van der Waals surface area contributed by atoms with Crippen LogP contribution in [0.15, 0.2) is 48.9 Å². The Kier molecular flexibility index (Phi) is 5.06. The molecule has 0 amide bonds. The molecule has 7 nitrogen and oxygen atoms in total. The lowest BCUT2D eigenvalue weighted by atomic mass is 10.1. The predicted octanol–water partition coefficient (Wildman–Crippen LogP) is 4.07. The number of halogens is 3. The van der Waals surface area contributed by atoms with Crippen LogP contribution in [0, 0.1) is 5.82 Å². The van der Waals surface area contributed by atoms with Crippen LogP contribution in [0.5, 0.6) is 5.75 Å². The lowest BCUT2D eigenvalue weighted by Crippen LogP contribution is -2.24. The van der Waals surface area contributed by atoms with Gasteiger partial charge in [0, 0.05) is 32.1 Å². The van der Waals surface area contributed by atoms with E-state index in [1.807, 2.05) is 19.3 Å². The van der Waals surface area contributed by atoms with E-state index in [1.165, 1.54) is 12.1 Å². The highest BCUT2D eigenvalue weighted by molar-refractivity contribution is 5.75. The maximum Gasteiger partial charge on any atom is 0.387 e. The Morgan fingerprint density at radius 2 is 1.93 bits per heavy atom. The summed E-state index contributed by atoms with van der Waals surface area (Å²) < 4.78 is 47.3. The number of alkyl halides is 2. The first-order valence-corrected chi connectivity index (χ1v) is 9.15. The molecule has 0 spiro atoms. The Bertz CT molecular complexity index is 1190. The fourth-order valence-corrected chi connectivity index (χ4v) is 3.25. The summed E-state index contributed by atoms with van der Waals surface area (Å²) in [5.74, 6) is -0.0613. The number of aromatic nitrogens is 5. The van der Waals surface area contributed by atoms with Gasteiger partial charge in [0.15, 0.2) is 5.65 Å². The number of nitrogens with zero attached hydrogens (tertiary/aromatic N) is 6. The molecule has 3 aromatic heterocycles. The zero-order valence-corrected chi connectivity index (χ0v) is 16.5. The minimum absolute atomic E-state index is 0.0784. The van der Waals surface area contributed by atoms with Gasteiger partial charge in [0.2, 0.25) is 0 Å². The fraction of sp³-hybridized carbons (Fsp3) is 0.250. The topological polar surface area (TPSA) is 60.5 Å². The van der Waals surface area contributed by atoms with Gasteiger partial charge in [-0.25, -0.2) is 13.9 Å². The Hall–Kier alpha value is -3.56. The van der Waals surface area contributed by atoms with Crippen LogP contribution in [0.3, 0.4) is 0 Å². The SMILES string of the molecule is CC(c1cc(F)ccc1OC(F)F)N(C)c1ccn2ncc(-c3ccn(C)n3)c2n1. The van der Waals surface area contributed by atoms with Crippen molar-refractivity contribution in [2.24, 2.45) is 7.05 Å². The maximum absolute atomic E-state index is 13.8. The normalized spacial score (nSPS) is 12.5. The van der Waals surface area contributed by atoms with Gasteiger partial charge < -0.3 is 9.64 Å². The molecule has 0 saturated carbocycles. The fourth-order valence-electron chi connectivity index (χ4n) is 3.25. The quantitative estimate of drug-likeness (QED) is 0.474. The van der Waals surface area contributed by atoms with Gasteiger partial charge in [-0.3, -0.25) is 4.68 Å². The van der Waals surface area contributed by atoms with Crippen LogP contribution in [0.2, 0.25) is 0 Å². The Labute approximate surface area is 170 Å². The molecule has 0 saturated heterocycles. The van der Waals surface area contributed by atoms with Gasteiger partial charge in [-0.15, -0.1) is 0 Å².